The fraction of sp³-hybridized carbons (Fsp3) is 0.222. The third-order valence-corrected chi connectivity index (χ3v) is 3.56. The molecule has 0 saturated heterocycles. The van der Waals surface area contributed by atoms with E-state index in [2.05, 4.69) is 40.4 Å². The van der Waals surface area contributed by atoms with Gasteiger partial charge in [0.05, 0.1) is 11.6 Å². The maximum Gasteiger partial charge on any atom is 0.0702 e. The maximum absolute atomic E-state index is 4.58. The van der Waals surface area contributed by atoms with Crippen LogP contribution in [0.3, 0.4) is 0 Å². The predicted molar refractivity (Wildman–Crippen MR) is 86.1 cm³/mol. The number of hydrogen-bond donors (Lipinski definition) is 1. The first-order chi connectivity index (χ1) is 10.4. The van der Waals surface area contributed by atoms with E-state index in [9.17, 15) is 0 Å². The molecule has 0 saturated carbocycles. The molecule has 3 rings (SSSR count). The number of aromatic nitrogens is 2. The van der Waals surface area contributed by atoms with Crippen LogP contribution in [0.25, 0.3) is 10.9 Å². The fourth-order valence-electron chi connectivity index (χ4n) is 2.51. The third kappa shape index (κ3) is 3.09. The van der Waals surface area contributed by atoms with E-state index < -0.39 is 0 Å². The average molecular weight is 277 g/mol. The van der Waals surface area contributed by atoms with Crippen LogP contribution in [-0.4, -0.2) is 16.5 Å². The van der Waals surface area contributed by atoms with Crippen LogP contribution >= 0.6 is 0 Å². The summed E-state index contributed by atoms with van der Waals surface area (Å²) in [5.41, 5.74) is 3.37. The highest BCUT2D eigenvalue weighted by Crippen LogP contribution is 2.23. The van der Waals surface area contributed by atoms with Gasteiger partial charge >= 0.3 is 0 Å². The van der Waals surface area contributed by atoms with Gasteiger partial charge in [0.15, 0.2) is 0 Å². The molecule has 3 heteroatoms. The number of hydrogen-bond acceptors (Lipinski definition) is 3. The number of rotatable bonds is 5. The Labute approximate surface area is 125 Å². The van der Waals surface area contributed by atoms with Crippen molar-refractivity contribution in [2.45, 2.75) is 19.4 Å². The zero-order chi connectivity index (χ0) is 14.5. The number of nitrogens with one attached hydrogen (secondary N) is 1. The summed E-state index contributed by atoms with van der Waals surface area (Å²) < 4.78 is 0. The van der Waals surface area contributed by atoms with E-state index in [1.165, 1.54) is 16.5 Å². The number of nitrogens with zero attached hydrogens (tertiary/aromatic N) is 2. The summed E-state index contributed by atoms with van der Waals surface area (Å²) in [4.78, 5) is 8.82. The first-order valence-corrected chi connectivity index (χ1v) is 7.36. The smallest absolute Gasteiger partial charge is 0.0702 e. The lowest BCUT2D eigenvalue weighted by molar-refractivity contribution is 0.596. The Bertz CT molecular complexity index is 710. The van der Waals surface area contributed by atoms with Crippen molar-refractivity contribution in [2.24, 2.45) is 0 Å². The van der Waals surface area contributed by atoms with E-state index in [-0.39, 0.29) is 6.04 Å². The van der Waals surface area contributed by atoms with Crippen molar-refractivity contribution in [1.82, 2.24) is 15.3 Å². The van der Waals surface area contributed by atoms with Crippen LogP contribution in [0.15, 0.2) is 61.1 Å². The van der Waals surface area contributed by atoms with Crippen LogP contribution in [0.5, 0.6) is 0 Å². The highest BCUT2D eigenvalue weighted by molar-refractivity contribution is 5.78. The van der Waals surface area contributed by atoms with Gasteiger partial charge in [0, 0.05) is 24.0 Å². The van der Waals surface area contributed by atoms with Gasteiger partial charge in [-0.05, 0) is 42.3 Å². The number of fused-ring (bicyclic) bond motifs is 1. The summed E-state index contributed by atoms with van der Waals surface area (Å²) in [6.07, 6.45) is 6.78. The van der Waals surface area contributed by atoms with Crippen molar-refractivity contribution in [1.29, 1.82) is 0 Å². The monoisotopic (exact) mass is 277 g/mol. The van der Waals surface area contributed by atoms with Gasteiger partial charge in [0.2, 0.25) is 0 Å². The van der Waals surface area contributed by atoms with Crippen LogP contribution in [0, 0.1) is 0 Å². The molecule has 2 heterocycles. The summed E-state index contributed by atoms with van der Waals surface area (Å²) in [7, 11) is 0. The summed E-state index contributed by atoms with van der Waals surface area (Å²) in [5, 5.41) is 4.76. The van der Waals surface area contributed by atoms with Crippen LogP contribution in [0.1, 0.15) is 30.5 Å². The molecule has 0 aliphatic carbocycles. The van der Waals surface area contributed by atoms with E-state index in [1.807, 2.05) is 36.7 Å². The van der Waals surface area contributed by atoms with Gasteiger partial charge in [-0.2, -0.15) is 0 Å². The molecule has 1 atom stereocenters. The molecule has 3 aromatic rings. The number of para-hydroxylation sites is 1. The molecule has 0 radical (unpaired) electrons. The van der Waals surface area contributed by atoms with Gasteiger partial charge in [-0.1, -0.05) is 31.2 Å². The molecular formula is C18H19N3. The topological polar surface area (TPSA) is 37.8 Å². The summed E-state index contributed by atoms with van der Waals surface area (Å²) in [5.74, 6) is 0. The molecule has 0 aliphatic heterocycles. The van der Waals surface area contributed by atoms with Crippen molar-refractivity contribution in [3.05, 3.63) is 72.2 Å². The Balaban J connectivity index is 2.01. The first-order valence-electron chi connectivity index (χ1n) is 7.36. The Hall–Kier alpha value is -2.26. The zero-order valence-corrected chi connectivity index (χ0v) is 12.2. The number of benzene rings is 1. The van der Waals surface area contributed by atoms with Gasteiger partial charge in [-0.15, -0.1) is 0 Å². The van der Waals surface area contributed by atoms with Crippen molar-refractivity contribution in [3.63, 3.8) is 0 Å². The van der Waals surface area contributed by atoms with Crippen molar-refractivity contribution >= 4 is 10.9 Å². The lowest BCUT2D eigenvalue weighted by Gasteiger charge is -2.19. The normalized spacial score (nSPS) is 12.4. The highest BCUT2D eigenvalue weighted by atomic mass is 14.9. The second-order valence-electron chi connectivity index (χ2n) is 5.13. The standard InChI is InChI=1S/C18H19N3/c1-2-9-20-18(15-7-5-10-19-12-15)16-11-14-6-3-4-8-17(14)21-13-16/h3-8,10-13,18,20H,2,9H2,1H3. The molecule has 1 aromatic carbocycles. The van der Waals surface area contributed by atoms with Gasteiger partial charge in [0.25, 0.3) is 0 Å². The van der Waals surface area contributed by atoms with E-state index in [4.69, 9.17) is 0 Å². The molecule has 0 fully saturated rings. The summed E-state index contributed by atoms with van der Waals surface area (Å²) in [6.45, 7) is 3.14. The second kappa shape index (κ2) is 6.46. The SMILES string of the molecule is CCCNC(c1cccnc1)c1cnc2ccccc2c1. The molecule has 0 amide bonds. The minimum Gasteiger partial charge on any atom is -0.306 e. The maximum atomic E-state index is 4.58. The lowest BCUT2D eigenvalue weighted by Crippen LogP contribution is -2.23. The quantitative estimate of drug-likeness (QED) is 0.772. The van der Waals surface area contributed by atoms with Crippen molar-refractivity contribution in [3.8, 4) is 0 Å². The largest absolute Gasteiger partial charge is 0.306 e. The van der Waals surface area contributed by atoms with Crippen LogP contribution in [0.2, 0.25) is 0 Å². The minimum absolute atomic E-state index is 0.135. The fourth-order valence-corrected chi connectivity index (χ4v) is 2.51. The van der Waals surface area contributed by atoms with Gasteiger partial charge in [-0.3, -0.25) is 9.97 Å². The Kier molecular flexibility index (Phi) is 4.22. The van der Waals surface area contributed by atoms with Crippen LogP contribution < -0.4 is 5.32 Å². The van der Waals surface area contributed by atoms with E-state index in [0.29, 0.717) is 0 Å². The van der Waals surface area contributed by atoms with Gasteiger partial charge < -0.3 is 5.32 Å². The average Bonchev–Trinajstić information content (AvgIpc) is 2.56. The predicted octanol–water partition coefficient (Wildman–Crippen LogP) is 3.72. The molecule has 1 unspecified atom stereocenters. The molecule has 21 heavy (non-hydrogen) atoms. The molecule has 0 aliphatic rings. The molecule has 106 valence electrons. The molecule has 0 spiro atoms. The van der Waals surface area contributed by atoms with Crippen LogP contribution in [0.4, 0.5) is 0 Å². The van der Waals surface area contributed by atoms with E-state index in [1.54, 1.807) is 6.20 Å². The number of pyridine rings is 2. The summed E-state index contributed by atoms with van der Waals surface area (Å²) in [6, 6.07) is 14.6. The Morgan fingerprint density at radius 3 is 2.76 bits per heavy atom. The molecule has 3 nitrogen and oxygen atoms in total. The highest BCUT2D eigenvalue weighted by Gasteiger charge is 2.14. The van der Waals surface area contributed by atoms with E-state index in [0.717, 1.165) is 18.5 Å². The van der Waals surface area contributed by atoms with E-state index >= 15 is 0 Å². The zero-order valence-electron chi connectivity index (χ0n) is 12.2. The molecule has 1 N–H and O–H groups in total. The lowest BCUT2D eigenvalue weighted by atomic mass is 10.00. The van der Waals surface area contributed by atoms with Gasteiger partial charge in [-0.25, -0.2) is 0 Å². The van der Waals surface area contributed by atoms with Crippen LogP contribution in [-0.2, 0) is 0 Å². The molecule has 2 aromatic heterocycles. The molecule has 0 bridgehead atoms. The minimum atomic E-state index is 0.135. The molecular weight excluding hydrogens is 258 g/mol. The third-order valence-electron chi connectivity index (χ3n) is 3.56. The Morgan fingerprint density at radius 1 is 1.05 bits per heavy atom. The second-order valence-corrected chi connectivity index (χ2v) is 5.13. The van der Waals surface area contributed by atoms with Crippen molar-refractivity contribution in [2.75, 3.05) is 6.54 Å². The van der Waals surface area contributed by atoms with Gasteiger partial charge in [0.1, 0.15) is 0 Å². The summed E-state index contributed by atoms with van der Waals surface area (Å²) >= 11 is 0. The first kappa shape index (κ1) is 13.7. The van der Waals surface area contributed by atoms with Crippen molar-refractivity contribution < 1.29 is 0 Å². The Morgan fingerprint density at radius 2 is 1.95 bits per heavy atom.